The Balaban J connectivity index is 1.59. The summed E-state index contributed by atoms with van der Waals surface area (Å²) >= 11 is 1.63. The lowest BCUT2D eigenvalue weighted by atomic mass is 10.2. The molecule has 4 rings (SSSR count). The van der Waals surface area contributed by atoms with E-state index in [-0.39, 0.29) is 5.91 Å². The number of nitrogens with one attached hydrogen (secondary N) is 1. The first-order chi connectivity index (χ1) is 14.7. The maximum Gasteiger partial charge on any atom is 0.274 e. The molecule has 0 unspecified atom stereocenters. The predicted molar refractivity (Wildman–Crippen MR) is 118 cm³/mol. The molecule has 0 bridgehead atoms. The molecule has 7 nitrogen and oxygen atoms in total. The van der Waals surface area contributed by atoms with Crippen LogP contribution in [0.1, 0.15) is 15.2 Å². The van der Waals surface area contributed by atoms with Gasteiger partial charge in [-0.15, -0.1) is 16.4 Å². The zero-order valence-electron chi connectivity index (χ0n) is 16.2. The number of nitrogens with zero attached hydrogens (tertiary/aromatic N) is 4. The van der Waals surface area contributed by atoms with Crippen LogP contribution >= 0.6 is 11.3 Å². The van der Waals surface area contributed by atoms with Crippen molar-refractivity contribution in [1.29, 1.82) is 0 Å². The fourth-order valence-electron chi connectivity index (χ4n) is 2.73. The van der Waals surface area contributed by atoms with Crippen molar-refractivity contribution < 1.29 is 9.53 Å². The number of pyridine rings is 1. The molecule has 1 N–H and O–H groups in total. The number of rotatable bonds is 7. The third kappa shape index (κ3) is 4.61. The van der Waals surface area contributed by atoms with E-state index in [4.69, 9.17) is 4.74 Å². The van der Waals surface area contributed by atoms with Crippen molar-refractivity contribution in [2.75, 3.05) is 12.4 Å². The van der Waals surface area contributed by atoms with Gasteiger partial charge < -0.3 is 10.1 Å². The summed E-state index contributed by atoms with van der Waals surface area (Å²) in [6.45, 7) is 0.554. The van der Waals surface area contributed by atoms with Gasteiger partial charge in [0.25, 0.3) is 5.91 Å². The molecule has 8 heteroatoms. The van der Waals surface area contributed by atoms with E-state index >= 15 is 0 Å². The summed E-state index contributed by atoms with van der Waals surface area (Å²) in [6.07, 6.45) is 6.55. The molecule has 0 amide bonds. The summed E-state index contributed by atoms with van der Waals surface area (Å²) in [5, 5.41) is 9.62. The quantitative estimate of drug-likeness (QED) is 0.450. The van der Waals surface area contributed by atoms with Gasteiger partial charge in [0.05, 0.1) is 13.7 Å². The Hall–Kier alpha value is -3.78. The molecule has 0 saturated heterocycles. The lowest BCUT2D eigenvalue weighted by Crippen LogP contribution is -2.14. The number of ether oxygens (including phenoxy) is 1. The molecular weight excluding hydrogens is 398 g/mol. The Kier molecular flexibility index (Phi) is 5.95. The fourth-order valence-corrected chi connectivity index (χ4v) is 3.37. The number of hydrogen-bond donors (Lipinski definition) is 1. The number of thiophene rings is 1. The van der Waals surface area contributed by atoms with Crippen molar-refractivity contribution in [3.63, 3.8) is 0 Å². The van der Waals surface area contributed by atoms with Crippen LogP contribution in [0.15, 0.2) is 72.4 Å². The number of aromatic nitrogens is 4. The number of allylic oxidation sites excluding steroid dienone is 1. The molecule has 4 aromatic rings. The van der Waals surface area contributed by atoms with E-state index < -0.39 is 0 Å². The van der Waals surface area contributed by atoms with Gasteiger partial charge in [0.2, 0.25) is 5.95 Å². The van der Waals surface area contributed by atoms with Gasteiger partial charge in [-0.05, 0) is 47.4 Å². The van der Waals surface area contributed by atoms with Crippen LogP contribution < -0.4 is 10.1 Å². The minimum Gasteiger partial charge on any atom is -0.497 e. The lowest BCUT2D eigenvalue weighted by Gasteiger charge is -2.04. The summed E-state index contributed by atoms with van der Waals surface area (Å²) in [6, 6.07) is 15.1. The van der Waals surface area contributed by atoms with Gasteiger partial charge >= 0.3 is 0 Å². The second kappa shape index (κ2) is 9.15. The monoisotopic (exact) mass is 417 g/mol. The molecule has 3 aromatic heterocycles. The SMILES string of the molecule is COc1ccc(C=CC(=O)n2nc(-c3cccnc3)nc2NCc2cccs2)cc1. The van der Waals surface area contributed by atoms with E-state index in [1.165, 1.54) is 10.8 Å². The third-order valence-electron chi connectivity index (χ3n) is 4.27. The summed E-state index contributed by atoms with van der Waals surface area (Å²) in [7, 11) is 1.61. The van der Waals surface area contributed by atoms with Crippen LogP contribution in [-0.2, 0) is 6.54 Å². The number of carbonyl (C=O) groups excluding carboxylic acids is 1. The normalized spacial score (nSPS) is 11.0. The highest BCUT2D eigenvalue weighted by atomic mass is 32.1. The first-order valence-electron chi connectivity index (χ1n) is 9.23. The molecule has 150 valence electrons. The molecule has 0 spiro atoms. The van der Waals surface area contributed by atoms with Gasteiger partial charge in [-0.3, -0.25) is 9.78 Å². The second-order valence-corrected chi connectivity index (χ2v) is 7.32. The zero-order chi connectivity index (χ0) is 20.8. The van der Waals surface area contributed by atoms with E-state index in [1.54, 1.807) is 43.0 Å². The average Bonchev–Trinajstić information content (AvgIpc) is 3.47. The minimum absolute atomic E-state index is 0.304. The van der Waals surface area contributed by atoms with Gasteiger partial charge in [0.1, 0.15) is 5.75 Å². The topological polar surface area (TPSA) is 81.9 Å². The van der Waals surface area contributed by atoms with Crippen molar-refractivity contribution >= 4 is 29.3 Å². The Labute approximate surface area is 177 Å². The van der Waals surface area contributed by atoms with Gasteiger partial charge in [-0.2, -0.15) is 9.67 Å². The van der Waals surface area contributed by atoms with Crippen molar-refractivity contribution in [2.45, 2.75) is 6.54 Å². The number of benzene rings is 1. The van der Waals surface area contributed by atoms with Crippen molar-refractivity contribution in [2.24, 2.45) is 0 Å². The third-order valence-corrected chi connectivity index (χ3v) is 5.15. The maximum atomic E-state index is 12.9. The van der Waals surface area contributed by atoms with Crippen molar-refractivity contribution in [3.8, 4) is 17.1 Å². The lowest BCUT2D eigenvalue weighted by molar-refractivity contribution is 0.0957. The Morgan fingerprint density at radius 3 is 2.77 bits per heavy atom. The number of carbonyl (C=O) groups is 1. The summed E-state index contributed by atoms with van der Waals surface area (Å²) in [5.41, 5.74) is 1.62. The van der Waals surface area contributed by atoms with E-state index in [0.29, 0.717) is 18.3 Å². The van der Waals surface area contributed by atoms with Gasteiger partial charge in [0, 0.05) is 28.9 Å². The molecule has 0 aliphatic carbocycles. The van der Waals surface area contributed by atoms with Crippen LogP contribution in [0.3, 0.4) is 0 Å². The van der Waals surface area contributed by atoms with Crippen molar-refractivity contribution in [1.82, 2.24) is 19.7 Å². The van der Waals surface area contributed by atoms with E-state index in [1.807, 2.05) is 47.8 Å². The first-order valence-corrected chi connectivity index (χ1v) is 10.1. The van der Waals surface area contributed by atoms with Crippen LogP contribution in [-0.4, -0.2) is 32.8 Å². The van der Waals surface area contributed by atoms with Gasteiger partial charge in [-0.25, -0.2) is 0 Å². The Morgan fingerprint density at radius 1 is 1.20 bits per heavy atom. The van der Waals surface area contributed by atoms with Crippen LogP contribution in [0.4, 0.5) is 5.95 Å². The highest BCUT2D eigenvalue weighted by Crippen LogP contribution is 2.19. The molecule has 30 heavy (non-hydrogen) atoms. The van der Waals surface area contributed by atoms with Crippen LogP contribution in [0.2, 0.25) is 0 Å². The van der Waals surface area contributed by atoms with E-state index in [9.17, 15) is 4.79 Å². The fraction of sp³-hybridized carbons (Fsp3) is 0.0909. The first kappa shape index (κ1) is 19.5. The number of hydrogen-bond acceptors (Lipinski definition) is 7. The highest BCUT2D eigenvalue weighted by Gasteiger charge is 2.16. The molecule has 0 atom stereocenters. The molecule has 0 radical (unpaired) electrons. The Morgan fingerprint density at radius 2 is 2.07 bits per heavy atom. The number of methoxy groups -OCH3 is 1. The van der Waals surface area contributed by atoms with Crippen LogP contribution in [0.5, 0.6) is 5.75 Å². The Bertz CT molecular complexity index is 1140. The molecule has 0 fully saturated rings. The van der Waals surface area contributed by atoms with Gasteiger partial charge in [-0.1, -0.05) is 18.2 Å². The van der Waals surface area contributed by atoms with Crippen molar-refractivity contribution in [3.05, 3.63) is 82.8 Å². The van der Waals surface area contributed by atoms with Crippen LogP contribution in [0.25, 0.3) is 17.5 Å². The zero-order valence-corrected chi connectivity index (χ0v) is 17.0. The standard InChI is InChI=1S/C22H19N5O2S/c1-29-18-9-6-16(7-10-18)8-11-20(28)27-22(24-15-19-5-3-13-30-19)25-21(26-27)17-4-2-12-23-14-17/h2-14H,15H2,1H3,(H,24,25,26). The predicted octanol–water partition coefficient (Wildman–Crippen LogP) is 4.38. The van der Waals surface area contributed by atoms with E-state index in [0.717, 1.165) is 21.8 Å². The largest absolute Gasteiger partial charge is 0.497 e. The summed E-state index contributed by atoms with van der Waals surface area (Å²) < 4.78 is 6.43. The van der Waals surface area contributed by atoms with E-state index in [2.05, 4.69) is 20.4 Å². The smallest absolute Gasteiger partial charge is 0.274 e. The summed E-state index contributed by atoms with van der Waals surface area (Å²) in [5.74, 6) is 1.27. The average molecular weight is 417 g/mol. The molecule has 3 heterocycles. The molecule has 1 aromatic carbocycles. The second-order valence-electron chi connectivity index (χ2n) is 6.29. The molecule has 0 aliphatic rings. The summed E-state index contributed by atoms with van der Waals surface area (Å²) in [4.78, 5) is 22.6. The molecule has 0 saturated carbocycles. The maximum absolute atomic E-state index is 12.9. The molecule has 0 aliphatic heterocycles. The van der Waals surface area contributed by atoms with Crippen LogP contribution in [0, 0.1) is 0 Å². The minimum atomic E-state index is -0.304. The highest BCUT2D eigenvalue weighted by molar-refractivity contribution is 7.09. The van der Waals surface area contributed by atoms with Gasteiger partial charge in [0.15, 0.2) is 5.82 Å². The number of anilines is 1. The molecular formula is C22H19N5O2S.